The maximum absolute atomic E-state index is 13.1. The van der Waals surface area contributed by atoms with E-state index >= 15 is 0 Å². The van der Waals surface area contributed by atoms with E-state index in [0.29, 0.717) is 36.8 Å². The Hall–Kier alpha value is -2.53. The highest BCUT2D eigenvalue weighted by atomic mass is 19.1. The second-order valence-electron chi connectivity index (χ2n) is 6.64. The first-order chi connectivity index (χ1) is 12.1. The molecule has 5 heteroatoms. The van der Waals surface area contributed by atoms with Gasteiger partial charge in [0.25, 0.3) is 11.8 Å². The molecule has 0 aromatic heterocycles. The van der Waals surface area contributed by atoms with Gasteiger partial charge >= 0.3 is 0 Å². The lowest BCUT2D eigenvalue weighted by Crippen LogP contribution is -2.39. The minimum Gasteiger partial charge on any atom is -0.294 e. The van der Waals surface area contributed by atoms with Crippen LogP contribution in [0.5, 0.6) is 0 Å². The van der Waals surface area contributed by atoms with E-state index in [4.69, 9.17) is 0 Å². The molecule has 4 rings (SSSR count). The molecule has 0 bridgehead atoms. The third-order valence-electron chi connectivity index (χ3n) is 4.85. The summed E-state index contributed by atoms with van der Waals surface area (Å²) in [5.41, 5.74) is 2.02. The van der Waals surface area contributed by atoms with Crippen LogP contribution in [0.1, 0.15) is 39.1 Å². The molecule has 1 saturated carbocycles. The number of hydrogen-bond donors (Lipinski definition) is 0. The van der Waals surface area contributed by atoms with Gasteiger partial charge in [0, 0.05) is 25.7 Å². The Balaban J connectivity index is 1.43. The summed E-state index contributed by atoms with van der Waals surface area (Å²) in [6.07, 6.45) is 2.26. The van der Waals surface area contributed by atoms with Crippen molar-refractivity contribution in [1.29, 1.82) is 0 Å². The molecule has 25 heavy (non-hydrogen) atoms. The molecule has 1 heterocycles. The first-order valence-electron chi connectivity index (χ1n) is 8.57. The minimum absolute atomic E-state index is 0.210. The van der Waals surface area contributed by atoms with E-state index in [0.717, 1.165) is 18.4 Å². The summed E-state index contributed by atoms with van der Waals surface area (Å²) < 4.78 is 13.1. The van der Waals surface area contributed by atoms with Crippen molar-refractivity contribution in [2.24, 2.45) is 0 Å². The van der Waals surface area contributed by atoms with Crippen LogP contribution < -0.4 is 0 Å². The zero-order chi connectivity index (χ0) is 17.4. The average Bonchev–Trinajstić information content (AvgIpc) is 3.44. The Morgan fingerprint density at radius 3 is 2.12 bits per heavy atom. The summed E-state index contributed by atoms with van der Waals surface area (Å²) in [7, 11) is 0. The Labute approximate surface area is 145 Å². The second kappa shape index (κ2) is 6.41. The van der Waals surface area contributed by atoms with Crippen LogP contribution in [0.25, 0.3) is 0 Å². The predicted octanol–water partition coefficient (Wildman–Crippen LogP) is 3.09. The number of benzene rings is 2. The van der Waals surface area contributed by atoms with Crippen molar-refractivity contribution in [3.63, 3.8) is 0 Å². The van der Waals surface area contributed by atoms with Crippen molar-refractivity contribution in [2.75, 3.05) is 13.1 Å². The molecule has 0 atom stereocenters. The van der Waals surface area contributed by atoms with Gasteiger partial charge in [0.2, 0.25) is 0 Å². The van der Waals surface area contributed by atoms with Crippen LogP contribution in [0.3, 0.4) is 0 Å². The van der Waals surface area contributed by atoms with Crippen LogP contribution in [0, 0.1) is 5.82 Å². The lowest BCUT2D eigenvalue weighted by molar-refractivity contribution is 0.0632. The SMILES string of the molecule is O=C1c2ccccc2C(=O)N1CCN(Cc1ccc(F)cc1)C1CC1. The van der Waals surface area contributed by atoms with Gasteiger partial charge in [-0.2, -0.15) is 0 Å². The topological polar surface area (TPSA) is 40.6 Å². The highest BCUT2D eigenvalue weighted by Crippen LogP contribution is 2.29. The number of amides is 2. The number of carbonyl (C=O) groups excluding carboxylic acids is 2. The third-order valence-corrected chi connectivity index (χ3v) is 4.85. The molecule has 128 valence electrons. The Morgan fingerprint density at radius 1 is 0.960 bits per heavy atom. The van der Waals surface area contributed by atoms with Gasteiger partial charge in [-0.15, -0.1) is 0 Å². The summed E-state index contributed by atoms with van der Waals surface area (Å²) in [4.78, 5) is 28.5. The fraction of sp³-hybridized carbons (Fsp3) is 0.300. The molecule has 1 aliphatic carbocycles. The molecular formula is C20H19FN2O2. The van der Waals surface area contributed by atoms with Crippen molar-refractivity contribution >= 4 is 11.8 Å². The molecule has 2 aromatic carbocycles. The van der Waals surface area contributed by atoms with Crippen LogP contribution >= 0.6 is 0 Å². The number of halogens is 1. The molecule has 2 amide bonds. The molecule has 0 radical (unpaired) electrons. The third kappa shape index (κ3) is 3.20. The van der Waals surface area contributed by atoms with Gasteiger partial charge in [-0.25, -0.2) is 4.39 Å². The zero-order valence-electron chi connectivity index (χ0n) is 13.8. The monoisotopic (exact) mass is 338 g/mol. The van der Waals surface area contributed by atoms with Crippen molar-refractivity contribution < 1.29 is 14.0 Å². The van der Waals surface area contributed by atoms with E-state index in [-0.39, 0.29) is 17.6 Å². The van der Waals surface area contributed by atoms with E-state index in [1.807, 2.05) is 0 Å². The maximum Gasteiger partial charge on any atom is 0.261 e. The molecule has 0 spiro atoms. The van der Waals surface area contributed by atoms with Gasteiger partial charge in [0.1, 0.15) is 5.82 Å². The quantitative estimate of drug-likeness (QED) is 0.760. The molecule has 0 unspecified atom stereocenters. The van der Waals surface area contributed by atoms with Gasteiger partial charge in [-0.3, -0.25) is 19.4 Å². The summed E-state index contributed by atoms with van der Waals surface area (Å²) in [5.74, 6) is -0.663. The maximum atomic E-state index is 13.1. The minimum atomic E-state index is -0.243. The Kier molecular flexibility index (Phi) is 4.09. The highest BCUT2D eigenvalue weighted by Gasteiger charge is 2.36. The normalized spacial score (nSPS) is 16.6. The van der Waals surface area contributed by atoms with Crippen LogP contribution in [-0.2, 0) is 6.54 Å². The molecule has 0 saturated heterocycles. The second-order valence-corrected chi connectivity index (χ2v) is 6.64. The molecule has 1 fully saturated rings. The van der Waals surface area contributed by atoms with Gasteiger partial charge < -0.3 is 0 Å². The number of hydrogen-bond acceptors (Lipinski definition) is 3. The zero-order valence-corrected chi connectivity index (χ0v) is 13.8. The molecule has 4 nitrogen and oxygen atoms in total. The van der Waals surface area contributed by atoms with E-state index in [1.165, 1.54) is 17.0 Å². The number of imide groups is 1. The first kappa shape index (κ1) is 16.0. The van der Waals surface area contributed by atoms with Gasteiger partial charge in [-0.1, -0.05) is 24.3 Å². The lowest BCUT2D eigenvalue weighted by Gasteiger charge is -2.24. The lowest BCUT2D eigenvalue weighted by atomic mass is 10.1. The summed E-state index contributed by atoms with van der Waals surface area (Å²) in [6.45, 7) is 1.71. The van der Waals surface area contributed by atoms with Crippen LogP contribution in [-0.4, -0.2) is 40.7 Å². The van der Waals surface area contributed by atoms with Crippen LogP contribution in [0.4, 0.5) is 4.39 Å². The van der Waals surface area contributed by atoms with Crippen LogP contribution in [0.15, 0.2) is 48.5 Å². The van der Waals surface area contributed by atoms with Gasteiger partial charge in [0.05, 0.1) is 11.1 Å². The summed E-state index contributed by atoms with van der Waals surface area (Å²) in [6, 6.07) is 13.9. The molecular weight excluding hydrogens is 319 g/mol. The number of carbonyl (C=O) groups is 2. The predicted molar refractivity (Wildman–Crippen MR) is 91.6 cm³/mol. The van der Waals surface area contributed by atoms with E-state index in [9.17, 15) is 14.0 Å². The molecule has 2 aromatic rings. The van der Waals surface area contributed by atoms with Crippen molar-refractivity contribution in [2.45, 2.75) is 25.4 Å². The number of rotatable bonds is 6. The Bertz CT molecular complexity index is 780. The van der Waals surface area contributed by atoms with Crippen molar-refractivity contribution in [3.8, 4) is 0 Å². The number of nitrogens with zero attached hydrogens (tertiary/aromatic N) is 2. The standard InChI is InChI=1S/C20H19FN2O2/c21-15-7-5-14(6-8-15)13-22(16-9-10-16)11-12-23-19(24)17-3-1-2-4-18(17)20(23)25/h1-8,16H,9-13H2. The van der Waals surface area contributed by atoms with Crippen molar-refractivity contribution in [3.05, 3.63) is 71.0 Å². The number of fused-ring (bicyclic) bond motifs is 1. The van der Waals surface area contributed by atoms with E-state index < -0.39 is 0 Å². The largest absolute Gasteiger partial charge is 0.294 e. The fourth-order valence-corrected chi connectivity index (χ4v) is 3.33. The Morgan fingerprint density at radius 2 is 1.56 bits per heavy atom. The highest BCUT2D eigenvalue weighted by molar-refractivity contribution is 6.21. The molecule has 2 aliphatic rings. The molecule has 0 N–H and O–H groups in total. The van der Waals surface area contributed by atoms with E-state index in [1.54, 1.807) is 36.4 Å². The fourth-order valence-electron chi connectivity index (χ4n) is 3.33. The smallest absolute Gasteiger partial charge is 0.261 e. The first-order valence-corrected chi connectivity index (χ1v) is 8.57. The summed E-state index contributed by atoms with van der Waals surface area (Å²) in [5, 5.41) is 0. The van der Waals surface area contributed by atoms with Gasteiger partial charge in [0.15, 0.2) is 0 Å². The van der Waals surface area contributed by atoms with E-state index in [2.05, 4.69) is 4.90 Å². The molecule has 1 aliphatic heterocycles. The average molecular weight is 338 g/mol. The van der Waals surface area contributed by atoms with Crippen LogP contribution in [0.2, 0.25) is 0 Å². The van der Waals surface area contributed by atoms with Crippen molar-refractivity contribution in [1.82, 2.24) is 9.80 Å². The van der Waals surface area contributed by atoms with Gasteiger partial charge in [-0.05, 0) is 42.7 Å². The summed E-state index contributed by atoms with van der Waals surface area (Å²) >= 11 is 0.